The van der Waals surface area contributed by atoms with Crippen LogP contribution in [-0.4, -0.2) is 29.0 Å². The first-order valence-electron chi connectivity index (χ1n) is 6.20. The van der Waals surface area contributed by atoms with Gasteiger partial charge < -0.3 is 10.6 Å². The van der Waals surface area contributed by atoms with Crippen molar-refractivity contribution in [1.82, 2.24) is 15.6 Å². The Labute approximate surface area is 105 Å². The summed E-state index contributed by atoms with van der Waals surface area (Å²) in [5.74, 6) is -0.0133. The molecule has 2 fully saturated rings. The van der Waals surface area contributed by atoms with Gasteiger partial charge in [0.05, 0.1) is 5.01 Å². The van der Waals surface area contributed by atoms with Gasteiger partial charge in [0, 0.05) is 23.5 Å². The predicted octanol–water partition coefficient (Wildman–Crippen LogP) is 1.46. The molecule has 0 radical (unpaired) electrons. The van der Waals surface area contributed by atoms with Crippen LogP contribution in [0.4, 0.5) is 0 Å². The molecule has 5 heteroatoms. The zero-order chi connectivity index (χ0) is 11.8. The second-order valence-electron chi connectivity index (χ2n) is 5.03. The topological polar surface area (TPSA) is 54.0 Å². The number of carbonyl (C=O) groups excluding carboxylic acids is 1. The number of piperidine rings is 1. The third kappa shape index (κ3) is 2.35. The van der Waals surface area contributed by atoms with E-state index in [1.807, 2.05) is 12.3 Å². The molecule has 1 aromatic heterocycles. The van der Waals surface area contributed by atoms with Crippen molar-refractivity contribution in [3.8, 4) is 0 Å². The van der Waals surface area contributed by atoms with Crippen LogP contribution in [0.15, 0.2) is 5.38 Å². The SMILES string of the molecule is Cc1nc(C(=O)NC2CC3CCC(C2)N3)cs1. The van der Waals surface area contributed by atoms with Crippen molar-refractivity contribution in [2.45, 2.75) is 50.7 Å². The fraction of sp³-hybridized carbons (Fsp3) is 0.667. The number of aromatic nitrogens is 1. The first-order chi connectivity index (χ1) is 8.20. The van der Waals surface area contributed by atoms with Crippen molar-refractivity contribution < 1.29 is 4.79 Å². The van der Waals surface area contributed by atoms with Gasteiger partial charge in [-0.15, -0.1) is 11.3 Å². The van der Waals surface area contributed by atoms with Crippen molar-refractivity contribution in [2.24, 2.45) is 0 Å². The molecule has 0 spiro atoms. The zero-order valence-corrected chi connectivity index (χ0v) is 10.7. The lowest BCUT2D eigenvalue weighted by molar-refractivity contribution is 0.0919. The summed E-state index contributed by atoms with van der Waals surface area (Å²) in [6.07, 6.45) is 4.64. The minimum atomic E-state index is -0.0133. The van der Waals surface area contributed by atoms with E-state index in [0.29, 0.717) is 23.8 Å². The standard InChI is InChI=1S/C12H17N3OS/c1-7-13-11(6-17-7)12(16)15-10-4-8-2-3-9(5-10)14-8/h6,8-10,14H,2-5H2,1H3,(H,15,16). The molecule has 1 aromatic rings. The molecule has 92 valence electrons. The summed E-state index contributed by atoms with van der Waals surface area (Å²) in [4.78, 5) is 16.2. The second kappa shape index (κ2) is 4.38. The van der Waals surface area contributed by atoms with Crippen molar-refractivity contribution in [1.29, 1.82) is 0 Å². The van der Waals surface area contributed by atoms with Crippen LogP contribution in [0.3, 0.4) is 0 Å². The molecule has 2 saturated heterocycles. The van der Waals surface area contributed by atoms with Gasteiger partial charge in [-0.3, -0.25) is 4.79 Å². The van der Waals surface area contributed by atoms with Gasteiger partial charge in [-0.25, -0.2) is 4.98 Å². The molecule has 17 heavy (non-hydrogen) atoms. The summed E-state index contributed by atoms with van der Waals surface area (Å²) in [5.41, 5.74) is 0.568. The summed E-state index contributed by atoms with van der Waals surface area (Å²) in [6.45, 7) is 1.92. The van der Waals surface area contributed by atoms with Crippen LogP contribution < -0.4 is 10.6 Å². The van der Waals surface area contributed by atoms with E-state index in [2.05, 4.69) is 15.6 Å². The Morgan fingerprint density at radius 3 is 2.76 bits per heavy atom. The monoisotopic (exact) mass is 251 g/mol. The summed E-state index contributed by atoms with van der Waals surface area (Å²) >= 11 is 1.52. The Morgan fingerprint density at radius 2 is 2.18 bits per heavy atom. The highest BCUT2D eigenvalue weighted by atomic mass is 32.1. The first kappa shape index (κ1) is 11.2. The molecule has 1 amide bonds. The van der Waals surface area contributed by atoms with Crippen LogP contribution >= 0.6 is 11.3 Å². The number of hydrogen-bond acceptors (Lipinski definition) is 4. The average molecular weight is 251 g/mol. The largest absolute Gasteiger partial charge is 0.348 e. The molecule has 2 aliphatic heterocycles. The van der Waals surface area contributed by atoms with Crippen LogP contribution in [0.25, 0.3) is 0 Å². The molecule has 2 unspecified atom stereocenters. The first-order valence-corrected chi connectivity index (χ1v) is 7.08. The second-order valence-corrected chi connectivity index (χ2v) is 6.09. The van der Waals surface area contributed by atoms with Crippen molar-refractivity contribution in [3.05, 3.63) is 16.1 Å². The minimum absolute atomic E-state index is 0.0133. The van der Waals surface area contributed by atoms with Crippen LogP contribution in [-0.2, 0) is 0 Å². The molecule has 2 bridgehead atoms. The molecule has 3 heterocycles. The van der Waals surface area contributed by atoms with Crippen LogP contribution in [0.5, 0.6) is 0 Å². The third-order valence-electron chi connectivity index (χ3n) is 3.66. The van der Waals surface area contributed by atoms with Gasteiger partial charge in [0.1, 0.15) is 5.69 Å². The summed E-state index contributed by atoms with van der Waals surface area (Å²) in [7, 11) is 0. The van der Waals surface area contributed by atoms with Gasteiger partial charge >= 0.3 is 0 Å². The normalized spacial score (nSPS) is 31.5. The predicted molar refractivity (Wildman–Crippen MR) is 67.3 cm³/mol. The fourth-order valence-electron chi connectivity index (χ4n) is 2.90. The Balaban J connectivity index is 1.62. The van der Waals surface area contributed by atoms with E-state index < -0.39 is 0 Å². The number of fused-ring (bicyclic) bond motifs is 2. The maximum Gasteiger partial charge on any atom is 0.270 e. The third-order valence-corrected chi connectivity index (χ3v) is 4.43. The highest BCUT2D eigenvalue weighted by Crippen LogP contribution is 2.26. The number of nitrogens with one attached hydrogen (secondary N) is 2. The number of amides is 1. The quantitative estimate of drug-likeness (QED) is 0.837. The number of thiazole rings is 1. The van der Waals surface area contributed by atoms with Crippen LogP contribution in [0.2, 0.25) is 0 Å². The van der Waals surface area contributed by atoms with Gasteiger partial charge in [0.25, 0.3) is 5.91 Å². The molecule has 0 aromatic carbocycles. The number of aryl methyl sites for hydroxylation is 1. The molecule has 2 N–H and O–H groups in total. The minimum Gasteiger partial charge on any atom is -0.348 e. The van der Waals surface area contributed by atoms with Crippen molar-refractivity contribution in [2.75, 3.05) is 0 Å². The van der Waals surface area contributed by atoms with E-state index in [9.17, 15) is 4.79 Å². The molecular formula is C12H17N3OS. The van der Waals surface area contributed by atoms with E-state index >= 15 is 0 Å². The molecule has 0 saturated carbocycles. The van der Waals surface area contributed by atoms with E-state index in [0.717, 1.165) is 17.8 Å². The van der Waals surface area contributed by atoms with E-state index in [4.69, 9.17) is 0 Å². The van der Waals surface area contributed by atoms with Crippen LogP contribution in [0, 0.1) is 6.92 Å². The number of rotatable bonds is 2. The Morgan fingerprint density at radius 1 is 1.47 bits per heavy atom. The van der Waals surface area contributed by atoms with Gasteiger partial charge in [-0.2, -0.15) is 0 Å². The van der Waals surface area contributed by atoms with E-state index in [1.165, 1.54) is 24.2 Å². The highest BCUT2D eigenvalue weighted by molar-refractivity contribution is 7.09. The number of hydrogen-bond donors (Lipinski definition) is 2. The lowest BCUT2D eigenvalue weighted by Crippen LogP contribution is -2.48. The molecular weight excluding hydrogens is 234 g/mol. The lowest BCUT2D eigenvalue weighted by Gasteiger charge is -2.29. The van der Waals surface area contributed by atoms with E-state index in [-0.39, 0.29) is 5.91 Å². The molecule has 2 atom stereocenters. The Hall–Kier alpha value is -0.940. The number of carbonyl (C=O) groups is 1. The van der Waals surface area contributed by atoms with Gasteiger partial charge in [-0.1, -0.05) is 0 Å². The maximum absolute atomic E-state index is 12.0. The summed E-state index contributed by atoms with van der Waals surface area (Å²) in [5, 5.41) is 9.47. The van der Waals surface area contributed by atoms with Crippen LogP contribution in [0.1, 0.15) is 41.2 Å². The smallest absolute Gasteiger partial charge is 0.270 e. The lowest BCUT2D eigenvalue weighted by atomic mass is 10.00. The average Bonchev–Trinajstić information content (AvgIpc) is 2.85. The zero-order valence-electron chi connectivity index (χ0n) is 9.90. The van der Waals surface area contributed by atoms with Gasteiger partial charge in [0.2, 0.25) is 0 Å². The van der Waals surface area contributed by atoms with Crippen molar-refractivity contribution in [3.63, 3.8) is 0 Å². The van der Waals surface area contributed by atoms with Crippen molar-refractivity contribution >= 4 is 17.2 Å². The van der Waals surface area contributed by atoms with Gasteiger partial charge in [0.15, 0.2) is 0 Å². The molecule has 4 nitrogen and oxygen atoms in total. The Kier molecular flexibility index (Phi) is 2.88. The number of nitrogens with zero attached hydrogens (tertiary/aromatic N) is 1. The maximum atomic E-state index is 12.0. The molecule has 3 rings (SSSR count). The molecule has 0 aliphatic carbocycles. The molecule has 2 aliphatic rings. The highest BCUT2D eigenvalue weighted by Gasteiger charge is 2.34. The fourth-order valence-corrected chi connectivity index (χ4v) is 3.50. The summed E-state index contributed by atoms with van der Waals surface area (Å²) < 4.78 is 0. The van der Waals surface area contributed by atoms with Gasteiger partial charge in [-0.05, 0) is 32.6 Å². The van der Waals surface area contributed by atoms with E-state index in [1.54, 1.807) is 0 Å². The Bertz CT molecular complexity index is 419. The summed E-state index contributed by atoms with van der Waals surface area (Å²) in [6, 6.07) is 1.54.